The third kappa shape index (κ3) is 2.75. The first-order valence-electron chi connectivity index (χ1n) is 6.67. The normalized spacial score (nSPS) is 23.9. The number of thioether (sulfide) groups is 1. The number of cyclic esters (lactones) is 1. The fourth-order valence-electron chi connectivity index (χ4n) is 2.38. The standard InChI is InChI=1S/C16H16O3S/c1-18-13-5-2-4-11(9-13)8-12-10-14(19-16(12)17)15-6-3-7-20-15/h2,4-5,8-10,15H,3,6-7H2,1H3/b12-8-. The molecule has 0 aromatic heterocycles. The van der Waals surface area contributed by atoms with Gasteiger partial charge in [0.2, 0.25) is 0 Å². The molecule has 3 nitrogen and oxygen atoms in total. The van der Waals surface area contributed by atoms with Gasteiger partial charge in [0.25, 0.3) is 0 Å². The first kappa shape index (κ1) is 13.3. The fraction of sp³-hybridized carbons (Fsp3) is 0.312. The topological polar surface area (TPSA) is 35.5 Å². The largest absolute Gasteiger partial charge is 0.497 e. The third-order valence-corrected chi connectivity index (χ3v) is 4.80. The molecule has 0 spiro atoms. The van der Waals surface area contributed by atoms with Crippen molar-refractivity contribution in [3.63, 3.8) is 0 Å². The second kappa shape index (κ2) is 5.75. The predicted molar refractivity (Wildman–Crippen MR) is 80.6 cm³/mol. The number of hydrogen-bond donors (Lipinski definition) is 0. The summed E-state index contributed by atoms with van der Waals surface area (Å²) in [6.07, 6.45) is 6.01. The summed E-state index contributed by atoms with van der Waals surface area (Å²) >= 11 is 1.86. The van der Waals surface area contributed by atoms with Crippen molar-refractivity contribution in [1.82, 2.24) is 0 Å². The summed E-state index contributed by atoms with van der Waals surface area (Å²) < 4.78 is 10.6. The van der Waals surface area contributed by atoms with Crippen molar-refractivity contribution in [2.75, 3.05) is 12.9 Å². The van der Waals surface area contributed by atoms with Crippen LogP contribution in [0.2, 0.25) is 0 Å². The highest BCUT2D eigenvalue weighted by atomic mass is 32.2. The summed E-state index contributed by atoms with van der Waals surface area (Å²) in [5.41, 5.74) is 1.55. The van der Waals surface area contributed by atoms with Crippen molar-refractivity contribution in [1.29, 1.82) is 0 Å². The van der Waals surface area contributed by atoms with Crippen LogP contribution in [-0.2, 0) is 9.53 Å². The Labute approximate surface area is 122 Å². The smallest absolute Gasteiger partial charge is 0.343 e. The van der Waals surface area contributed by atoms with Crippen LogP contribution >= 0.6 is 11.8 Å². The molecule has 2 aliphatic heterocycles. The second-order valence-corrected chi connectivity index (χ2v) is 6.12. The highest BCUT2D eigenvalue weighted by Gasteiger charge is 2.29. The Kier molecular flexibility index (Phi) is 3.83. The number of carbonyl (C=O) groups excluding carboxylic acids is 1. The van der Waals surface area contributed by atoms with Crippen LogP contribution < -0.4 is 4.74 Å². The zero-order valence-electron chi connectivity index (χ0n) is 11.3. The molecule has 1 saturated heterocycles. The molecule has 0 aliphatic carbocycles. The van der Waals surface area contributed by atoms with Gasteiger partial charge in [0.15, 0.2) is 0 Å². The molecule has 4 heteroatoms. The highest BCUT2D eigenvalue weighted by molar-refractivity contribution is 8.00. The average molecular weight is 288 g/mol. The van der Waals surface area contributed by atoms with E-state index >= 15 is 0 Å². The first-order valence-corrected chi connectivity index (χ1v) is 7.72. The Balaban J connectivity index is 1.84. The van der Waals surface area contributed by atoms with Crippen LogP contribution in [0.15, 0.2) is 41.7 Å². The molecule has 3 rings (SSSR count). The zero-order valence-corrected chi connectivity index (χ0v) is 12.1. The van der Waals surface area contributed by atoms with Gasteiger partial charge in [0.05, 0.1) is 17.9 Å². The minimum atomic E-state index is -0.254. The minimum absolute atomic E-state index is 0.254. The number of rotatable bonds is 3. The van der Waals surface area contributed by atoms with E-state index < -0.39 is 0 Å². The van der Waals surface area contributed by atoms with Gasteiger partial charge >= 0.3 is 5.97 Å². The maximum atomic E-state index is 11.9. The molecular formula is C16H16O3S. The number of carbonyl (C=O) groups is 1. The molecule has 0 N–H and O–H groups in total. The first-order chi connectivity index (χ1) is 9.76. The lowest BCUT2D eigenvalue weighted by Crippen LogP contribution is -2.05. The van der Waals surface area contributed by atoms with Crippen molar-refractivity contribution in [2.24, 2.45) is 0 Å². The van der Waals surface area contributed by atoms with Gasteiger partial charge in [-0.15, -0.1) is 0 Å². The average Bonchev–Trinajstić information content (AvgIpc) is 3.10. The van der Waals surface area contributed by atoms with Crippen molar-refractivity contribution < 1.29 is 14.3 Å². The monoisotopic (exact) mass is 288 g/mol. The van der Waals surface area contributed by atoms with E-state index in [9.17, 15) is 4.79 Å². The van der Waals surface area contributed by atoms with E-state index in [1.54, 1.807) is 7.11 Å². The van der Waals surface area contributed by atoms with Crippen LogP contribution in [-0.4, -0.2) is 24.1 Å². The molecule has 1 fully saturated rings. The summed E-state index contributed by atoms with van der Waals surface area (Å²) in [5, 5.41) is 0.343. The van der Waals surface area contributed by atoms with Crippen molar-refractivity contribution in [2.45, 2.75) is 18.1 Å². The molecule has 1 aromatic carbocycles. The zero-order chi connectivity index (χ0) is 13.9. The van der Waals surface area contributed by atoms with Crippen LogP contribution in [0.4, 0.5) is 0 Å². The summed E-state index contributed by atoms with van der Waals surface area (Å²) in [6, 6.07) is 7.63. The van der Waals surface area contributed by atoms with Gasteiger partial charge in [-0.2, -0.15) is 11.8 Å². The summed E-state index contributed by atoms with van der Waals surface area (Å²) in [7, 11) is 1.63. The fourth-order valence-corrected chi connectivity index (χ4v) is 3.61. The minimum Gasteiger partial charge on any atom is -0.497 e. The van der Waals surface area contributed by atoms with E-state index in [1.165, 1.54) is 6.42 Å². The molecule has 1 atom stereocenters. The van der Waals surface area contributed by atoms with Gasteiger partial charge in [0.1, 0.15) is 11.5 Å². The molecule has 0 amide bonds. The van der Waals surface area contributed by atoms with Crippen molar-refractivity contribution in [3.05, 3.63) is 47.2 Å². The van der Waals surface area contributed by atoms with Crippen LogP contribution in [0.25, 0.3) is 6.08 Å². The molecule has 2 heterocycles. The van der Waals surface area contributed by atoms with Crippen LogP contribution in [0.5, 0.6) is 5.75 Å². The van der Waals surface area contributed by atoms with E-state index in [0.29, 0.717) is 10.8 Å². The number of hydrogen-bond acceptors (Lipinski definition) is 4. The van der Waals surface area contributed by atoms with E-state index in [4.69, 9.17) is 9.47 Å². The Morgan fingerprint density at radius 3 is 3.10 bits per heavy atom. The Morgan fingerprint density at radius 2 is 2.35 bits per heavy atom. The Hall–Kier alpha value is -1.68. The number of esters is 1. The molecule has 0 radical (unpaired) electrons. The molecule has 104 valence electrons. The van der Waals surface area contributed by atoms with E-state index in [1.807, 2.05) is 48.2 Å². The number of benzene rings is 1. The van der Waals surface area contributed by atoms with Gasteiger partial charge in [-0.3, -0.25) is 0 Å². The van der Waals surface area contributed by atoms with Crippen LogP contribution in [0, 0.1) is 0 Å². The molecule has 20 heavy (non-hydrogen) atoms. The molecule has 1 unspecified atom stereocenters. The van der Waals surface area contributed by atoms with E-state index in [0.717, 1.165) is 29.2 Å². The third-order valence-electron chi connectivity index (χ3n) is 3.41. The number of ether oxygens (including phenoxy) is 2. The lowest BCUT2D eigenvalue weighted by Gasteiger charge is -2.07. The van der Waals surface area contributed by atoms with Crippen LogP contribution in [0.1, 0.15) is 18.4 Å². The van der Waals surface area contributed by atoms with Gasteiger partial charge in [-0.1, -0.05) is 12.1 Å². The SMILES string of the molecule is COc1cccc(/C=C2/C=C(C3CCCS3)OC2=O)c1. The maximum absolute atomic E-state index is 11.9. The molecular weight excluding hydrogens is 272 g/mol. The lowest BCUT2D eigenvalue weighted by atomic mass is 10.1. The molecule has 0 saturated carbocycles. The summed E-state index contributed by atoms with van der Waals surface area (Å²) in [5.74, 6) is 2.48. The molecule has 2 aliphatic rings. The van der Waals surface area contributed by atoms with E-state index in [-0.39, 0.29) is 5.97 Å². The second-order valence-electron chi connectivity index (χ2n) is 4.81. The highest BCUT2D eigenvalue weighted by Crippen LogP contribution is 2.36. The van der Waals surface area contributed by atoms with Gasteiger partial charge in [0, 0.05) is 0 Å². The van der Waals surface area contributed by atoms with Crippen molar-refractivity contribution >= 4 is 23.8 Å². The Bertz CT molecular complexity index is 583. The van der Waals surface area contributed by atoms with E-state index in [2.05, 4.69) is 0 Å². The quantitative estimate of drug-likeness (QED) is 0.630. The maximum Gasteiger partial charge on any atom is 0.343 e. The molecule has 1 aromatic rings. The lowest BCUT2D eigenvalue weighted by molar-refractivity contribution is -0.133. The predicted octanol–water partition coefficient (Wildman–Crippen LogP) is 3.41. The molecule has 0 bridgehead atoms. The Morgan fingerprint density at radius 1 is 1.45 bits per heavy atom. The summed E-state index contributed by atoms with van der Waals surface area (Å²) in [6.45, 7) is 0. The van der Waals surface area contributed by atoms with Gasteiger partial charge in [-0.25, -0.2) is 4.79 Å². The summed E-state index contributed by atoms with van der Waals surface area (Å²) in [4.78, 5) is 11.9. The van der Waals surface area contributed by atoms with Gasteiger partial charge < -0.3 is 9.47 Å². The van der Waals surface area contributed by atoms with Gasteiger partial charge in [-0.05, 0) is 48.4 Å². The van der Waals surface area contributed by atoms with Crippen molar-refractivity contribution in [3.8, 4) is 5.75 Å². The number of methoxy groups -OCH3 is 1. The van der Waals surface area contributed by atoms with Crippen LogP contribution in [0.3, 0.4) is 0 Å².